The highest BCUT2D eigenvalue weighted by molar-refractivity contribution is 8.13. The number of thioether (sulfide) groups is 1. The van der Waals surface area contributed by atoms with Crippen LogP contribution in [0.1, 0.15) is 59.8 Å². The summed E-state index contributed by atoms with van der Waals surface area (Å²) in [6, 6.07) is 10.6. The molecular formula is C28H40N3O9PS. The third-order valence-electron chi connectivity index (χ3n) is 7.42. The van der Waals surface area contributed by atoms with Crippen molar-refractivity contribution in [1.82, 2.24) is 14.6 Å². The minimum absolute atomic E-state index is 0.00394. The van der Waals surface area contributed by atoms with Crippen LogP contribution in [0.25, 0.3) is 0 Å². The van der Waals surface area contributed by atoms with Crippen LogP contribution >= 0.6 is 19.5 Å². The second-order valence-corrected chi connectivity index (χ2v) is 14.5. The fourth-order valence-electron chi connectivity index (χ4n) is 4.84. The fourth-order valence-corrected chi connectivity index (χ4v) is 7.16. The van der Waals surface area contributed by atoms with Crippen molar-refractivity contribution in [2.45, 2.75) is 84.3 Å². The normalized spacial score (nSPS) is 26.6. The topological polar surface area (TPSA) is 147 Å². The summed E-state index contributed by atoms with van der Waals surface area (Å²) in [5.41, 5.74) is -1.94. The molecule has 0 aliphatic carbocycles. The summed E-state index contributed by atoms with van der Waals surface area (Å²) in [5.74, 6) is -0.709. The molecule has 2 saturated heterocycles. The molecule has 1 aromatic heterocycles. The van der Waals surface area contributed by atoms with Gasteiger partial charge in [-0.2, -0.15) is 0 Å². The number of rotatable bonds is 13. The molecule has 232 valence electrons. The van der Waals surface area contributed by atoms with Gasteiger partial charge in [-0.15, -0.1) is 0 Å². The Hall–Kier alpha value is -2.09. The summed E-state index contributed by atoms with van der Waals surface area (Å²) in [5, 5.41) is 2.94. The molecule has 2 aliphatic heterocycles. The molecule has 12 nitrogen and oxygen atoms in total. The van der Waals surface area contributed by atoms with Gasteiger partial charge in [-0.1, -0.05) is 62.9 Å². The van der Waals surface area contributed by atoms with E-state index in [1.54, 1.807) is 20.8 Å². The molecule has 42 heavy (non-hydrogen) atoms. The van der Waals surface area contributed by atoms with Gasteiger partial charge in [0.25, 0.3) is 5.56 Å². The van der Waals surface area contributed by atoms with E-state index in [0.717, 1.165) is 17.3 Å². The molecule has 4 rings (SSSR count). The third kappa shape index (κ3) is 7.51. The highest BCUT2D eigenvalue weighted by Gasteiger charge is 2.64. The van der Waals surface area contributed by atoms with E-state index in [2.05, 4.69) is 10.1 Å². The van der Waals surface area contributed by atoms with Crippen molar-refractivity contribution in [3.8, 4) is 0 Å². The highest BCUT2D eigenvalue weighted by Crippen LogP contribution is 2.52. The zero-order valence-corrected chi connectivity index (χ0v) is 26.5. The molecule has 2 unspecified atom stereocenters. The first-order valence-electron chi connectivity index (χ1n) is 13.9. The van der Waals surface area contributed by atoms with Crippen LogP contribution in [0.2, 0.25) is 0 Å². The molecule has 0 bridgehead atoms. The molecular weight excluding hydrogens is 585 g/mol. The van der Waals surface area contributed by atoms with Crippen LogP contribution in [0.3, 0.4) is 0 Å². The van der Waals surface area contributed by atoms with E-state index in [-0.39, 0.29) is 24.9 Å². The summed E-state index contributed by atoms with van der Waals surface area (Å²) in [6.07, 6.45) is -0.443. The predicted molar refractivity (Wildman–Crippen MR) is 158 cm³/mol. The van der Waals surface area contributed by atoms with Gasteiger partial charge in [-0.05, 0) is 32.8 Å². The standard InChI is InChI=1S/C28H40N3O9PS/c1-7-26(2,3)24(33)42-16-15-36-41(35,29-17-19-11-9-8-10-12-19)37-18-20-22-28(6,40-27(4,5)39-22)23(38-20)31-14-13-21(32)30-25(31)34/h8-14,20,22-23H,7,15-18H2,1-6H3,(H,29,35)(H,30,32,34)/t20-,22-,23?,28-,41?/m1/s1. The highest BCUT2D eigenvalue weighted by atomic mass is 32.2. The summed E-state index contributed by atoms with van der Waals surface area (Å²) in [4.78, 5) is 39.0. The summed E-state index contributed by atoms with van der Waals surface area (Å²) < 4.78 is 45.4. The first kappa shape index (κ1) is 32.8. The Kier molecular flexibility index (Phi) is 10.1. The summed E-state index contributed by atoms with van der Waals surface area (Å²) >= 11 is 1.13. The number of nitrogens with one attached hydrogen (secondary N) is 2. The summed E-state index contributed by atoms with van der Waals surface area (Å²) in [7, 11) is -3.91. The smallest absolute Gasteiger partial charge is 0.346 e. The van der Waals surface area contributed by atoms with Crippen LogP contribution < -0.4 is 16.3 Å². The van der Waals surface area contributed by atoms with E-state index in [1.807, 2.05) is 51.1 Å². The minimum atomic E-state index is -3.91. The largest absolute Gasteiger partial charge is 0.405 e. The number of carbonyl (C=O) groups excluding carboxylic acids is 1. The Morgan fingerprint density at radius 1 is 1.17 bits per heavy atom. The van der Waals surface area contributed by atoms with Crippen LogP contribution in [-0.2, 0) is 39.2 Å². The van der Waals surface area contributed by atoms with E-state index >= 15 is 0 Å². The quantitative estimate of drug-likeness (QED) is 0.246. The number of aromatic amines is 1. The van der Waals surface area contributed by atoms with Crippen molar-refractivity contribution in [2.75, 3.05) is 19.0 Å². The lowest BCUT2D eigenvalue weighted by molar-refractivity contribution is -0.217. The molecule has 2 N–H and O–H groups in total. The third-order valence-corrected chi connectivity index (χ3v) is 10.2. The first-order valence-corrected chi connectivity index (χ1v) is 16.4. The lowest BCUT2D eigenvalue weighted by Gasteiger charge is -2.30. The van der Waals surface area contributed by atoms with Crippen LogP contribution in [0.5, 0.6) is 0 Å². The average molecular weight is 626 g/mol. The van der Waals surface area contributed by atoms with Crippen molar-refractivity contribution in [1.29, 1.82) is 0 Å². The van der Waals surface area contributed by atoms with Gasteiger partial charge in [0.05, 0.1) is 13.2 Å². The molecule has 0 amide bonds. The molecule has 0 radical (unpaired) electrons. The zero-order chi connectivity index (χ0) is 30.8. The number of fused-ring (bicyclic) bond motifs is 1. The van der Waals surface area contributed by atoms with Gasteiger partial charge in [0.1, 0.15) is 17.8 Å². The Morgan fingerprint density at radius 3 is 2.55 bits per heavy atom. The summed E-state index contributed by atoms with van der Waals surface area (Å²) in [6.45, 7) is 11.0. The molecule has 2 aromatic rings. The number of H-pyrrole nitrogens is 1. The molecule has 3 heterocycles. The molecule has 0 saturated carbocycles. The average Bonchev–Trinajstić information content (AvgIpc) is 3.34. The number of hydrogen-bond donors (Lipinski definition) is 2. The zero-order valence-electron chi connectivity index (χ0n) is 24.8. The van der Waals surface area contributed by atoms with Crippen LogP contribution in [0.15, 0.2) is 52.2 Å². The molecule has 2 aliphatic rings. The number of carbonyl (C=O) groups is 1. The van der Waals surface area contributed by atoms with Gasteiger partial charge in [-0.3, -0.25) is 28.2 Å². The molecule has 2 fully saturated rings. The maximum atomic E-state index is 13.9. The van der Waals surface area contributed by atoms with Crippen LogP contribution in [0.4, 0.5) is 0 Å². The number of nitrogens with zero attached hydrogens (tertiary/aromatic N) is 1. The SMILES string of the molecule is CCC(C)(C)C(=O)SCCOP(=O)(NCc1ccccc1)OC[C@H]1OC(n2ccc(=O)[nH]c2=O)[C@]2(C)OC(C)(C)O[C@H]12. The first-order chi connectivity index (χ1) is 19.7. The lowest BCUT2D eigenvalue weighted by Crippen LogP contribution is -2.45. The van der Waals surface area contributed by atoms with Crippen molar-refractivity contribution in [3.63, 3.8) is 0 Å². The Morgan fingerprint density at radius 2 is 1.88 bits per heavy atom. The van der Waals surface area contributed by atoms with E-state index in [1.165, 1.54) is 16.8 Å². The number of benzene rings is 1. The maximum Gasteiger partial charge on any atom is 0.405 e. The molecule has 0 spiro atoms. The van der Waals surface area contributed by atoms with E-state index < -0.39 is 54.2 Å². The van der Waals surface area contributed by atoms with Crippen LogP contribution in [0, 0.1) is 5.41 Å². The fraction of sp³-hybridized carbons (Fsp3) is 0.607. The molecule has 14 heteroatoms. The Bertz CT molecular complexity index is 1410. The number of aromatic nitrogens is 2. The second kappa shape index (κ2) is 12.9. The monoisotopic (exact) mass is 625 g/mol. The van der Waals surface area contributed by atoms with Gasteiger partial charge in [0, 0.05) is 30.0 Å². The van der Waals surface area contributed by atoms with Gasteiger partial charge in [0.15, 0.2) is 17.1 Å². The minimum Gasteiger partial charge on any atom is -0.346 e. The molecule has 5 atom stereocenters. The Labute approximate surface area is 249 Å². The second-order valence-electron chi connectivity index (χ2n) is 11.6. The number of hydrogen-bond acceptors (Lipinski definition) is 10. The maximum absolute atomic E-state index is 13.9. The van der Waals surface area contributed by atoms with E-state index in [4.69, 9.17) is 23.3 Å². The Balaban J connectivity index is 1.49. The van der Waals surface area contributed by atoms with E-state index in [0.29, 0.717) is 12.2 Å². The van der Waals surface area contributed by atoms with Crippen molar-refractivity contribution >= 4 is 24.6 Å². The number of ether oxygens (including phenoxy) is 3. The van der Waals surface area contributed by atoms with Gasteiger partial charge in [-0.25, -0.2) is 14.4 Å². The van der Waals surface area contributed by atoms with Gasteiger partial charge in [0.2, 0.25) is 0 Å². The van der Waals surface area contributed by atoms with Gasteiger partial charge < -0.3 is 14.2 Å². The molecule has 1 aromatic carbocycles. The van der Waals surface area contributed by atoms with Crippen molar-refractivity contribution in [3.05, 3.63) is 69.0 Å². The van der Waals surface area contributed by atoms with Crippen molar-refractivity contribution < 1.29 is 32.6 Å². The van der Waals surface area contributed by atoms with Crippen molar-refractivity contribution in [2.24, 2.45) is 5.41 Å². The predicted octanol–water partition coefficient (Wildman–Crippen LogP) is 3.97. The van der Waals surface area contributed by atoms with Crippen LogP contribution in [-0.4, -0.2) is 57.2 Å². The van der Waals surface area contributed by atoms with E-state index in [9.17, 15) is 18.9 Å². The van der Waals surface area contributed by atoms with Gasteiger partial charge >= 0.3 is 13.4 Å². The lowest BCUT2D eigenvalue weighted by atomic mass is 9.92.